The van der Waals surface area contributed by atoms with Crippen LogP contribution >= 0.6 is 0 Å². The van der Waals surface area contributed by atoms with E-state index in [1.807, 2.05) is 0 Å². The highest BCUT2D eigenvalue weighted by molar-refractivity contribution is 5.71. The van der Waals surface area contributed by atoms with Gasteiger partial charge in [0.15, 0.2) is 6.29 Å². The van der Waals surface area contributed by atoms with Gasteiger partial charge in [0, 0.05) is 0 Å². The number of aliphatic hydroxyl groups is 3. The number of esters is 1. The van der Waals surface area contributed by atoms with Crippen LogP contribution in [0.5, 0.6) is 0 Å². The van der Waals surface area contributed by atoms with E-state index in [4.69, 9.17) is 19.7 Å². The Morgan fingerprint density at radius 2 is 1.93 bits per heavy atom. The minimum atomic E-state index is -1.43. The number of rotatable bonds is 3. The van der Waals surface area contributed by atoms with Gasteiger partial charge >= 0.3 is 5.97 Å². The van der Waals surface area contributed by atoms with E-state index in [1.165, 1.54) is 0 Å². The Morgan fingerprint density at radius 3 is 2.33 bits per heavy atom. The SMILES string of the molecule is CC(C)C(=O)OC[C@H]1O[C@@H](O)[C@H](O)[C@@H]1O. The molecule has 4 atom stereocenters. The van der Waals surface area contributed by atoms with Crippen molar-refractivity contribution in [3.8, 4) is 0 Å². The van der Waals surface area contributed by atoms with Gasteiger partial charge in [-0.15, -0.1) is 0 Å². The van der Waals surface area contributed by atoms with Gasteiger partial charge in [0.25, 0.3) is 0 Å². The van der Waals surface area contributed by atoms with Crippen LogP contribution in [0.4, 0.5) is 0 Å². The summed E-state index contributed by atoms with van der Waals surface area (Å²) in [6.45, 7) is 3.18. The van der Waals surface area contributed by atoms with Gasteiger partial charge in [-0.2, -0.15) is 0 Å². The van der Waals surface area contributed by atoms with Gasteiger partial charge in [-0.25, -0.2) is 0 Å². The van der Waals surface area contributed by atoms with Crippen LogP contribution in [0.25, 0.3) is 0 Å². The summed E-state index contributed by atoms with van der Waals surface area (Å²) in [5, 5.41) is 27.5. The van der Waals surface area contributed by atoms with E-state index < -0.39 is 30.6 Å². The summed E-state index contributed by atoms with van der Waals surface area (Å²) in [4.78, 5) is 11.1. The predicted octanol–water partition coefficient (Wildman–Crippen LogP) is -1.38. The molecule has 3 N–H and O–H groups in total. The first-order valence-electron chi connectivity index (χ1n) is 4.79. The molecule has 15 heavy (non-hydrogen) atoms. The summed E-state index contributed by atoms with van der Waals surface area (Å²) >= 11 is 0. The smallest absolute Gasteiger partial charge is 0.308 e. The maximum atomic E-state index is 11.1. The van der Waals surface area contributed by atoms with E-state index in [9.17, 15) is 9.90 Å². The third kappa shape index (κ3) is 2.88. The molecule has 6 nitrogen and oxygen atoms in total. The average Bonchev–Trinajstić information content (AvgIpc) is 2.42. The molecule has 0 unspecified atom stereocenters. The third-order valence-electron chi connectivity index (χ3n) is 2.20. The van der Waals surface area contributed by atoms with Crippen molar-refractivity contribution in [2.75, 3.05) is 6.61 Å². The fourth-order valence-corrected chi connectivity index (χ4v) is 1.20. The standard InChI is InChI=1S/C9H16O6/c1-4(2)8(12)14-3-5-6(10)7(11)9(13)15-5/h4-7,9-11,13H,3H2,1-2H3/t5-,6-,7-,9-/m1/s1. The second-order valence-corrected chi connectivity index (χ2v) is 3.83. The summed E-state index contributed by atoms with van der Waals surface area (Å²) in [5.74, 6) is -0.680. The van der Waals surface area contributed by atoms with E-state index in [0.29, 0.717) is 0 Å². The van der Waals surface area contributed by atoms with Crippen molar-refractivity contribution in [3.05, 3.63) is 0 Å². The lowest BCUT2D eigenvalue weighted by Crippen LogP contribution is -2.35. The number of ether oxygens (including phenoxy) is 2. The van der Waals surface area contributed by atoms with E-state index in [1.54, 1.807) is 13.8 Å². The largest absolute Gasteiger partial charge is 0.463 e. The topological polar surface area (TPSA) is 96.2 Å². The van der Waals surface area contributed by atoms with E-state index in [-0.39, 0.29) is 12.5 Å². The molecule has 0 aromatic rings. The van der Waals surface area contributed by atoms with Gasteiger partial charge in [0.05, 0.1) is 5.92 Å². The number of carbonyl (C=O) groups excluding carboxylic acids is 1. The highest BCUT2D eigenvalue weighted by Gasteiger charge is 2.42. The monoisotopic (exact) mass is 220 g/mol. The highest BCUT2D eigenvalue weighted by atomic mass is 16.7. The first-order chi connectivity index (χ1) is 6.93. The summed E-state index contributed by atoms with van der Waals surface area (Å²) in [6, 6.07) is 0. The Hall–Kier alpha value is -0.690. The Bertz CT molecular complexity index is 229. The fraction of sp³-hybridized carbons (Fsp3) is 0.889. The van der Waals surface area contributed by atoms with Gasteiger partial charge in [0.1, 0.15) is 24.9 Å². The van der Waals surface area contributed by atoms with Gasteiger partial charge in [-0.1, -0.05) is 13.8 Å². The lowest BCUT2D eigenvalue weighted by atomic mass is 10.1. The Kier molecular flexibility index (Phi) is 4.04. The Labute approximate surface area is 87.4 Å². The predicted molar refractivity (Wildman–Crippen MR) is 48.7 cm³/mol. The molecular formula is C9H16O6. The third-order valence-corrected chi connectivity index (χ3v) is 2.20. The summed E-state index contributed by atoms with van der Waals surface area (Å²) in [6.07, 6.45) is -4.90. The quantitative estimate of drug-likeness (QED) is 0.507. The van der Waals surface area contributed by atoms with Crippen LogP contribution in [0.3, 0.4) is 0 Å². The molecule has 1 saturated heterocycles. The zero-order chi connectivity index (χ0) is 11.6. The molecule has 1 fully saturated rings. The van der Waals surface area contributed by atoms with E-state index in [0.717, 1.165) is 0 Å². The van der Waals surface area contributed by atoms with Crippen LogP contribution in [0.2, 0.25) is 0 Å². The summed E-state index contributed by atoms with van der Waals surface area (Å²) in [5.41, 5.74) is 0. The second-order valence-electron chi connectivity index (χ2n) is 3.83. The molecule has 88 valence electrons. The van der Waals surface area contributed by atoms with Crippen molar-refractivity contribution in [1.29, 1.82) is 0 Å². The van der Waals surface area contributed by atoms with Crippen molar-refractivity contribution in [3.63, 3.8) is 0 Å². The maximum absolute atomic E-state index is 11.1. The second kappa shape index (κ2) is 4.89. The Morgan fingerprint density at radius 1 is 1.33 bits per heavy atom. The molecule has 0 spiro atoms. The van der Waals surface area contributed by atoms with Crippen LogP contribution in [0, 0.1) is 5.92 Å². The molecule has 0 amide bonds. The number of carbonyl (C=O) groups is 1. The van der Waals surface area contributed by atoms with E-state index in [2.05, 4.69) is 0 Å². The average molecular weight is 220 g/mol. The van der Waals surface area contributed by atoms with Crippen LogP contribution in [0.1, 0.15) is 13.8 Å². The van der Waals surface area contributed by atoms with Gasteiger partial charge in [-0.3, -0.25) is 4.79 Å². The molecule has 0 aromatic carbocycles. The van der Waals surface area contributed by atoms with Crippen molar-refractivity contribution in [2.45, 2.75) is 38.4 Å². The summed E-state index contributed by atoms with van der Waals surface area (Å²) in [7, 11) is 0. The zero-order valence-corrected chi connectivity index (χ0v) is 8.66. The molecule has 1 aliphatic rings. The van der Waals surface area contributed by atoms with E-state index >= 15 is 0 Å². The lowest BCUT2D eigenvalue weighted by molar-refractivity contribution is -0.160. The lowest BCUT2D eigenvalue weighted by Gasteiger charge is -2.15. The number of hydrogen-bond donors (Lipinski definition) is 3. The maximum Gasteiger partial charge on any atom is 0.308 e. The van der Waals surface area contributed by atoms with Crippen molar-refractivity contribution < 1.29 is 29.6 Å². The molecule has 0 bridgehead atoms. The van der Waals surface area contributed by atoms with Gasteiger partial charge in [-0.05, 0) is 0 Å². The normalized spacial score (nSPS) is 35.9. The number of hydrogen-bond acceptors (Lipinski definition) is 6. The Balaban J connectivity index is 2.37. The van der Waals surface area contributed by atoms with Gasteiger partial charge < -0.3 is 24.8 Å². The molecule has 1 rings (SSSR count). The number of aliphatic hydroxyl groups excluding tert-OH is 3. The summed E-state index contributed by atoms with van der Waals surface area (Å²) < 4.78 is 9.60. The molecule has 1 heterocycles. The zero-order valence-electron chi connectivity index (χ0n) is 8.66. The van der Waals surface area contributed by atoms with Gasteiger partial charge in [0.2, 0.25) is 0 Å². The molecular weight excluding hydrogens is 204 g/mol. The van der Waals surface area contributed by atoms with Crippen LogP contribution in [-0.4, -0.2) is 52.5 Å². The first kappa shape index (κ1) is 12.4. The highest BCUT2D eigenvalue weighted by Crippen LogP contribution is 2.19. The van der Waals surface area contributed by atoms with Crippen molar-refractivity contribution in [1.82, 2.24) is 0 Å². The van der Waals surface area contributed by atoms with Crippen molar-refractivity contribution in [2.24, 2.45) is 5.92 Å². The minimum Gasteiger partial charge on any atom is -0.463 e. The van der Waals surface area contributed by atoms with Crippen LogP contribution < -0.4 is 0 Å². The van der Waals surface area contributed by atoms with Crippen LogP contribution in [0.15, 0.2) is 0 Å². The molecule has 0 aromatic heterocycles. The van der Waals surface area contributed by atoms with Crippen LogP contribution in [-0.2, 0) is 14.3 Å². The molecule has 0 saturated carbocycles. The molecule has 0 radical (unpaired) electrons. The first-order valence-corrected chi connectivity index (χ1v) is 4.79. The minimum absolute atomic E-state index is 0.174. The molecule has 0 aliphatic carbocycles. The fourth-order valence-electron chi connectivity index (χ4n) is 1.20. The molecule has 6 heteroatoms. The van der Waals surface area contributed by atoms with Crippen molar-refractivity contribution >= 4 is 5.97 Å². The molecule has 1 aliphatic heterocycles.